The van der Waals surface area contributed by atoms with Gasteiger partial charge in [-0.1, -0.05) is 218 Å². The first-order valence-electron chi connectivity index (χ1n) is 18.9. The van der Waals surface area contributed by atoms with E-state index in [4.69, 9.17) is 14.7 Å². The highest BCUT2D eigenvalue weighted by Gasteiger charge is 2.12. The van der Waals surface area contributed by atoms with E-state index >= 15 is 0 Å². The third-order valence-electron chi connectivity index (χ3n) is 8.86. The molecule has 3 nitrogen and oxygen atoms in total. The van der Waals surface area contributed by atoms with Gasteiger partial charge in [0.2, 0.25) is 0 Å². The van der Waals surface area contributed by atoms with Crippen LogP contribution in [0.4, 0.5) is 0 Å². The quantitative estimate of drug-likeness (QED) is 0.105. The zero-order chi connectivity index (χ0) is 40.3. The minimum Gasteiger partial charge on any atom is -0.328 e. The van der Waals surface area contributed by atoms with Crippen molar-refractivity contribution in [1.82, 2.24) is 0 Å². The van der Waals surface area contributed by atoms with Gasteiger partial charge in [0.25, 0.3) is 0 Å². The van der Waals surface area contributed by atoms with Crippen molar-refractivity contribution in [2.75, 3.05) is 0 Å². The van der Waals surface area contributed by atoms with Gasteiger partial charge in [-0.15, -0.1) is 0 Å². The SMILES string of the molecule is Cc1cccc([Si]c2ccccc2)c1C(C)C.Cc1cccc([Si]c2ccccc2)c1C(C)C.Cc1cccc([Si]c2ccccc2)c1C(C)C.OP(O)O. The van der Waals surface area contributed by atoms with Gasteiger partial charge in [-0.3, -0.25) is 0 Å². The molecule has 6 aromatic carbocycles. The van der Waals surface area contributed by atoms with Crippen molar-refractivity contribution in [3.63, 3.8) is 0 Å². The Balaban J connectivity index is 0.000000211. The molecule has 284 valence electrons. The Morgan fingerprint density at radius 2 is 0.564 bits per heavy atom. The molecule has 55 heavy (non-hydrogen) atoms. The minimum absolute atomic E-state index is 0.599. The molecule has 0 aliphatic heterocycles. The summed E-state index contributed by atoms with van der Waals surface area (Å²) < 4.78 is 0. The average molecular weight is 797 g/mol. The lowest BCUT2D eigenvalue weighted by Crippen LogP contribution is -2.30. The fourth-order valence-electron chi connectivity index (χ4n) is 6.70. The van der Waals surface area contributed by atoms with Crippen molar-refractivity contribution in [2.45, 2.75) is 80.1 Å². The third-order valence-corrected chi connectivity index (χ3v) is 12.8. The van der Waals surface area contributed by atoms with Gasteiger partial charge in [0.05, 0.1) is 0 Å². The van der Waals surface area contributed by atoms with Gasteiger partial charge in [0.1, 0.15) is 28.6 Å². The van der Waals surface area contributed by atoms with E-state index < -0.39 is 8.60 Å². The number of rotatable bonds is 9. The van der Waals surface area contributed by atoms with Crippen LogP contribution in [-0.4, -0.2) is 43.2 Å². The van der Waals surface area contributed by atoms with Crippen LogP contribution in [-0.2, 0) is 0 Å². The zero-order valence-corrected chi connectivity index (χ0v) is 37.8. The normalized spacial score (nSPS) is 10.7. The molecule has 0 saturated heterocycles. The molecule has 0 spiro atoms. The molecule has 0 bridgehead atoms. The molecule has 0 amide bonds. The van der Waals surface area contributed by atoms with E-state index in [2.05, 4.69) is 208 Å². The maximum atomic E-state index is 7.23. The summed E-state index contributed by atoms with van der Waals surface area (Å²) in [6.07, 6.45) is 0. The summed E-state index contributed by atoms with van der Waals surface area (Å²) in [6.45, 7) is 20.3. The number of benzene rings is 6. The smallest absolute Gasteiger partial charge is 0.324 e. The van der Waals surface area contributed by atoms with Crippen molar-refractivity contribution in [2.24, 2.45) is 0 Å². The summed E-state index contributed by atoms with van der Waals surface area (Å²) in [7, 11) is -0.326. The lowest BCUT2D eigenvalue weighted by Gasteiger charge is -2.15. The fourth-order valence-corrected chi connectivity index (χ4v) is 11.1. The largest absolute Gasteiger partial charge is 0.328 e. The molecular formula is C48H57O3PSi3. The van der Waals surface area contributed by atoms with E-state index in [1.165, 1.54) is 64.5 Å². The molecule has 0 heterocycles. The molecule has 0 fully saturated rings. The summed E-state index contributed by atoms with van der Waals surface area (Å²) in [5, 5.41) is 8.73. The monoisotopic (exact) mass is 796 g/mol. The van der Waals surface area contributed by atoms with E-state index in [9.17, 15) is 0 Å². The zero-order valence-electron chi connectivity index (χ0n) is 33.9. The Labute approximate surface area is 340 Å². The molecule has 6 radical (unpaired) electrons. The average Bonchev–Trinajstić information content (AvgIpc) is 3.13. The predicted octanol–water partition coefficient (Wildman–Crippen LogP) is 7.51. The van der Waals surface area contributed by atoms with Crippen molar-refractivity contribution in [3.05, 3.63) is 179 Å². The highest BCUT2D eigenvalue weighted by atomic mass is 31.2. The summed E-state index contributed by atoms with van der Waals surface area (Å²) in [5.74, 6) is 1.80. The Kier molecular flexibility index (Phi) is 20.0. The lowest BCUT2D eigenvalue weighted by molar-refractivity contribution is 0.368. The van der Waals surface area contributed by atoms with Gasteiger partial charge < -0.3 is 14.7 Å². The molecule has 6 aromatic rings. The van der Waals surface area contributed by atoms with Crippen molar-refractivity contribution >= 4 is 68.3 Å². The van der Waals surface area contributed by atoms with Crippen molar-refractivity contribution in [3.8, 4) is 0 Å². The number of aryl methyl sites for hydroxylation is 3. The van der Waals surface area contributed by atoms with Gasteiger partial charge in [-0.25, -0.2) is 0 Å². The van der Waals surface area contributed by atoms with E-state index in [-0.39, 0.29) is 0 Å². The minimum atomic E-state index is -2.62. The maximum Gasteiger partial charge on any atom is 0.324 e. The van der Waals surface area contributed by atoms with Crippen LogP contribution in [0, 0.1) is 20.8 Å². The number of hydrogen-bond donors (Lipinski definition) is 3. The Hall–Kier alpha value is -3.72. The van der Waals surface area contributed by atoms with Crippen LogP contribution in [0.2, 0.25) is 0 Å². The van der Waals surface area contributed by atoms with Crippen LogP contribution in [0.15, 0.2) is 146 Å². The topological polar surface area (TPSA) is 60.7 Å². The van der Waals surface area contributed by atoms with E-state index in [1.807, 2.05) is 0 Å². The van der Waals surface area contributed by atoms with E-state index in [0.717, 1.165) is 28.6 Å². The fraction of sp³-hybridized carbons (Fsp3) is 0.250. The highest BCUT2D eigenvalue weighted by molar-refractivity contribution is 7.38. The first-order chi connectivity index (χ1) is 26.3. The van der Waals surface area contributed by atoms with Gasteiger partial charge in [0, 0.05) is 0 Å². The molecule has 3 N–H and O–H groups in total. The molecule has 0 unspecified atom stereocenters. The van der Waals surface area contributed by atoms with Crippen molar-refractivity contribution < 1.29 is 14.7 Å². The summed E-state index contributed by atoms with van der Waals surface area (Å²) in [4.78, 5) is 21.7. The first-order valence-corrected chi connectivity index (χ1v) is 23.1. The summed E-state index contributed by atoms with van der Waals surface area (Å²) >= 11 is 0. The molecule has 0 atom stereocenters. The maximum absolute atomic E-state index is 7.23. The molecule has 0 aliphatic rings. The van der Waals surface area contributed by atoms with Gasteiger partial charge >= 0.3 is 8.60 Å². The standard InChI is InChI=1S/3C16H18Si.H3O3P/c3*1-12(2)16-13(3)8-7-11-15(16)17-14-9-5-4-6-10-14;1-4(2)3/h3*4-12H,1-3H3;1-3H. The van der Waals surface area contributed by atoms with Crippen LogP contribution in [0.1, 0.15) is 92.7 Å². The lowest BCUT2D eigenvalue weighted by atomic mass is 9.98. The molecule has 0 aromatic heterocycles. The number of hydrogen-bond acceptors (Lipinski definition) is 3. The second-order valence-corrected chi connectivity index (χ2v) is 18.9. The highest BCUT2D eigenvalue weighted by Crippen LogP contribution is 2.18. The van der Waals surface area contributed by atoms with E-state index in [0.29, 0.717) is 17.8 Å². The van der Waals surface area contributed by atoms with Gasteiger partial charge in [-0.05, 0) is 71.9 Å². The predicted molar refractivity (Wildman–Crippen MR) is 244 cm³/mol. The Morgan fingerprint density at radius 3 is 0.764 bits per heavy atom. The van der Waals surface area contributed by atoms with Crippen LogP contribution < -0.4 is 31.1 Å². The summed E-state index contributed by atoms with van der Waals surface area (Å²) in [6, 6.07) is 52.2. The molecule has 6 rings (SSSR count). The molecule has 0 aliphatic carbocycles. The van der Waals surface area contributed by atoms with Crippen LogP contribution in [0.5, 0.6) is 0 Å². The van der Waals surface area contributed by atoms with Gasteiger partial charge in [-0.2, -0.15) is 0 Å². The second kappa shape index (κ2) is 24.0. The second-order valence-electron chi connectivity index (χ2n) is 14.3. The Morgan fingerprint density at radius 1 is 0.345 bits per heavy atom. The summed E-state index contributed by atoms with van der Waals surface area (Å²) in [5.41, 5.74) is 8.82. The Bertz CT molecular complexity index is 1760. The van der Waals surface area contributed by atoms with Crippen LogP contribution in [0.3, 0.4) is 0 Å². The van der Waals surface area contributed by atoms with E-state index in [1.54, 1.807) is 0 Å². The van der Waals surface area contributed by atoms with Crippen molar-refractivity contribution in [1.29, 1.82) is 0 Å². The molecule has 7 heteroatoms. The first kappa shape index (κ1) is 45.7. The third kappa shape index (κ3) is 15.7. The van der Waals surface area contributed by atoms with Gasteiger partial charge in [0.15, 0.2) is 0 Å². The van der Waals surface area contributed by atoms with Crippen LogP contribution >= 0.6 is 8.60 Å². The molecular weight excluding hydrogens is 740 g/mol. The van der Waals surface area contributed by atoms with Crippen LogP contribution in [0.25, 0.3) is 0 Å². The molecule has 0 saturated carbocycles.